The van der Waals surface area contributed by atoms with E-state index in [4.69, 9.17) is 15.6 Å². The number of carboxylic acid groups (broad SMARTS) is 1. The normalized spacial score (nSPS) is 29.7. The van der Waals surface area contributed by atoms with Crippen LogP contribution in [0.1, 0.15) is 17.4 Å². The van der Waals surface area contributed by atoms with Crippen LogP contribution >= 0.6 is 0 Å². The van der Waals surface area contributed by atoms with Crippen molar-refractivity contribution in [3.8, 4) is 5.75 Å². The lowest BCUT2D eigenvalue weighted by Gasteiger charge is -2.40. The summed E-state index contributed by atoms with van der Waals surface area (Å²) >= 11 is 0. The molecule has 1 aromatic heterocycles. The summed E-state index contributed by atoms with van der Waals surface area (Å²) < 4.78 is 5.56. The van der Waals surface area contributed by atoms with E-state index in [0.29, 0.717) is 10.9 Å². The number of benzene rings is 1. The van der Waals surface area contributed by atoms with Gasteiger partial charge in [-0.25, -0.2) is 0 Å². The molecule has 0 spiro atoms. The molecular formula is C17H22N2O8. The van der Waals surface area contributed by atoms with Gasteiger partial charge in [-0.3, -0.25) is 4.79 Å². The van der Waals surface area contributed by atoms with Crippen molar-refractivity contribution in [1.29, 1.82) is 0 Å². The Morgan fingerprint density at radius 1 is 1.22 bits per heavy atom. The first-order valence-electron chi connectivity index (χ1n) is 8.37. The zero-order valence-electron chi connectivity index (χ0n) is 14.2. The molecule has 0 amide bonds. The second-order valence-corrected chi connectivity index (χ2v) is 6.62. The van der Waals surface area contributed by atoms with Crippen molar-refractivity contribution in [3.05, 3.63) is 29.5 Å². The number of phenolic OH excluding ortho intramolecular Hbond substituents is 1. The Labute approximate surface area is 153 Å². The lowest BCUT2D eigenvalue weighted by molar-refractivity contribution is -0.232. The summed E-state index contributed by atoms with van der Waals surface area (Å²) in [6.07, 6.45) is -7.15. The summed E-state index contributed by atoms with van der Waals surface area (Å²) in [6.45, 7) is -0.600. The van der Waals surface area contributed by atoms with E-state index in [2.05, 4.69) is 4.98 Å². The number of H-pyrrole nitrogens is 1. The number of ether oxygens (including phenoxy) is 1. The fourth-order valence-corrected chi connectivity index (χ4v) is 3.39. The van der Waals surface area contributed by atoms with Gasteiger partial charge in [0.15, 0.2) is 0 Å². The number of aromatic nitrogens is 1. The number of fused-ring (bicyclic) bond motifs is 1. The monoisotopic (exact) mass is 382 g/mol. The molecule has 1 aliphatic rings. The maximum Gasteiger partial charge on any atom is 0.320 e. The standard InChI is InChI=1S/C17H22N2O8/c18-8(17(25)26)4-7-6-2-1-3-9(21)11(6)19-12(7)16-15(24)14(23)13(22)10(5-20)27-16/h1-3,8,10,13-16,19-24H,4-5,18H2,(H,25,26)/t8-,10+,13+,14-,15-,16?/m0/s1. The Bertz CT molecular complexity index is 836. The van der Waals surface area contributed by atoms with Crippen LogP contribution in [0.15, 0.2) is 18.2 Å². The smallest absolute Gasteiger partial charge is 0.320 e. The predicted octanol–water partition coefficient (Wildman–Crippen LogP) is -1.66. The quantitative estimate of drug-likeness (QED) is 0.299. The van der Waals surface area contributed by atoms with Gasteiger partial charge in [0.05, 0.1) is 17.8 Å². The highest BCUT2D eigenvalue weighted by atomic mass is 16.5. The molecule has 148 valence electrons. The lowest BCUT2D eigenvalue weighted by Crippen LogP contribution is -2.55. The number of aliphatic hydroxyl groups is 4. The number of para-hydroxylation sites is 1. The van der Waals surface area contributed by atoms with Crippen LogP contribution < -0.4 is 5.73 Å². The maximum atomic E-state index is 11.2. The first-order valence-corrected chi connectivity index (χ1v) is 8.37. The molecule has 2 aromatic rings. The van der Waals surface area contributed by atoms with Gasteiger partial charge < -0.3 is 46.1 Å². The van der Waals surface area contributed by atoms with Crippen LogP contribution in [0.4, 0.5) is 0 Å². The number of carbonyl (C=O) groups is 1. The van der Waals surface area contributed by atoms with Crippen LogP contribution in [0.2, 0.25) is 0 Å². The molecule has 10 nitrogen and oxygen atoms in total. The number of aromatic amines is 1. The minimum Gasteiger partial charge on any atom is -0.506 e. The summed E-state index contributed by atoms with van der Waals surface area (Å²) in [5, 5.41) is 59.5. The molecule has 0 aliphatic carbocycles. The second-order valence-electron chi connectivity index (χ2n) is 6.62. The average molecular weight is 382 g/mol. The molecule has 1 aliphatic heterocycles. The molecule has 1 saturated heterocycles. The molecule has 2 heterocycles. The molecule has 1 aromatic carbocycles. The number of phenols is 1. The fraction of sp³-hybridized carbons (Fsp3) is 0.471. The largest absolute Gasteiger partial charge is 0.506 e. The number of nitrogens with one attached hydrogen (secondary N) is 1. The van der Waals surface area contributed by atoms with Crippen molar-refractivity contribution < 1.29 is 40.2 Å². The van der Waals surface area contributed by atoms with Gasteiger partial charge in [0.25, 0.3) is 0 Å². The van der Waals surface area contributed by atoms with Gasteiger partial charge in [-0.2, -0.15) is 0 Å². The van der Waals surface area contributed by atoms with Crippen molar-refractivity contribution in [2.24, 2.45) is 5.73 Å². The molecule has 0 radical (unpaired) electrons. The first-order chi connectivity index (χ1) is 12.8. The number of aliphatic hydroxyl groups excluding tert-OH is 4. The zero-order valence-corrected chi connectivity index (χ0v) is 14.2. The second kappa shape index (κ2) is 7.43. The molecule has 10 heteroatoms. The van der Waals surface area contributed by atoms with Crippen molar-refractivity contribution in [2.45, 2.75) is 43.0 Å². The Morgan fingerprint density at radius 3 is 2.56 bits per heavy atom. The van der Waals surface area contributed by atoms with Crippen LogP contribution in [0.5, 0.6) is 5.75 Å². The minimum absolute atomic E-state index is 0.103. The topological polar surface area (TPSA) is 189 Å². The summed E-state index contributed by atoms with van der Waals surface area (Å²) in [5.41, 5.74) is 6.55. The van der Waals surface area contributed by atoms with E-state index < -0.39 is 49.1 Å². The molecule has 1 unspecified atom stereocenters. The molecule has 0 bridgehead atoms. The van der Waals surface area contributed by atoms with Gasteiger partial charge in [-0.15, -0.1) is 0 Å². The van der Waals surface area contributed by atoms with Gasteiger partial charge in [-0.1, -0.05) is 12.1 Å². The van der Waals surface area contributed by atoms with Crippen LogP contribution in [0.25, 0.3) is 10.9 Å². The van der Waals surface area contributed by atoms with Crippen molar-refractivity contribution in [1.82, 2.24) is 4.98 Å². The van der Waals surface area contributed by atoms with Crippen molar-refractivity contribution >= 4 is 16.9 Å². The maximum absolute atomic E-state index is 11.2. The number of aromatic hydroxyl groups is 1. The number of hydrogen-bond donors (Lipinski definition) is 8. The number of aliphatic carboxylic acids is 1. The number of nitrogens with two attached hydrogens (primary N) is 1. The third-order valence-corrected chi connectivity index (χ3v) is 4.87. The van der Waals surface area contributed by atoms with Gasteiger partial charge in [0.1, 0.15) is 42.3 Å². The van der Waals surface area contributed by atoms with Crippen molar-refractivity contribution in [3.63, 3.8) is 0 Å². The predicted molar refractivity (Wildman–Crippen MR) is 92.0 cm³/mol. The molecule has 3 rings (SSSR count). The van der Waals surface area contributed by atoms with Crippen LogP contribution in [0.3, 0.4) is 0 Å². The Morgan fingerprint density at radius 2 is 1.93 bits per heavy atom. The van der Waals surface area contributed by atoms with E-state index in [1.165, 1.54) is 6.07 Å². The van der Waals surface area contributed by atoms with Gasteiger partial charge in [-0.05, 0) is 11.6 Å². The van der Waals surface area contributed by atoms with Gasteiger partial charge in [0.2, 0.25) is 0 Å². The summed E-state index contributed by atoms with van der Waals surface area (Å²) in [4.78, 5) is 14.1. The fourth-order valence-electron chi connectivity index (χ4n) is 3.39. The third-order valence-electron chi connectivity index (χ3n) is 4.87. The molecule has 9 N–H and O–H groups in total. The molecule has 6 atom stereocenters. The average Bonchev–Trinajstić information content (AvgIpc) is 3.00. The van der Waals surface area contributed by atoms with E-state index in [1.54, 1.807) is 12.1 Å². The number of carboxylic acids is 1. The summed E-state index contributed by atoms with van der Waals surface area (Å²) in [7, 11) is 0. The van der Waals surface area contributed by atoms with E-state index in [-0.39, 0.29) is 23.4 Å². The van der Waals surface area contributed by atoms with E-state index in [9.17, 15) is 30.3 Å². The molecular weight excluding hydrogens is 360 g/mol. The van der Waals surface area contributed by atoms with Crippen LogP contribution in [-0.2, 0) is 16.0 Å². The first kappa shape index (κ1) is 19.5. The number of hydrogen-bond acceptors (Lipinski definition) is 8. The van der Waals surface area contributed by atoms with Crippen molar-refractivity contribution in [2.75, 3.05) is 6.61 Å². The van der Waals surface area contributed by atoms with Crippen LogP contribution in [0, 0.1) is 0 Å². The molecule has 1 fully saturated rings. The summed E-state index contributed by atoms with van der Waals surface area (Å²) in [5.74, 6) is -1.34. The minimum atomic E-state index is -1.60. The Hall–Kier alpha value is -2.21. The van der Waals surface area contributed by atoms with E-state index in [1.807, 2.05) is 0 Å². The third kappa shape index (κ3) is 3.38. The number of rotatable bonds is 5. The molecule has 0 saturated carbocycles. The zero-order chi connectivity index (χ0) is 19.9. The van der Waals surface area contributed by atoms with Gasteiger partial charge in [0, 0.05) is 11.8 Å². The lowest BCUT2D eigenvalue weighted by atomic mass is 9.90. The van der Waals surface area contributed by atoms with Crippen LogP contribution in [-0.4, -0.2) is 78.7 Å². The summed E-state index contributed by atoms with van der Waals surface area (Å²) in [6, 6.07) is 3.38. The Balaban J connectivity index is 2.12. The Kier molecular flexibility index (Phi) is 5.38. The highest BCUT2D eigenvalue weighted by molar-refractivity contribution is 5.90. The molecule has 27 heavy (non-hydrogen) atoms. The van der Waals surface area contributed by atoms with E-state index >= 15 is 0 Å². The SMILES string of the molecule is N[C@@H](Cc1c(C2O[C@H](CO)[C@@H](O)[C@H](O)[C@@H]2O)[nH]c2c(O)cccc12)C(=O)O. The highest BCUT2D eigenvalue weighted by Crippen LogP contribution is 2.38. The highest BCUT2D eigenvalue weighted by Gasteiger charge is 2.45. The van der Waals surface area contributed by atoms with Gasteiger partial charge >= 0.3 is 5.97 Å². The van der Waals surface area contributed by atoms with E-state index in [0.717, 1.165) is 0 Å².